The van der Waals surface area contributed by atoms with Gasteiger partial charge in [-0.1, -0.05) is 18.2 Å². The van der Waals surface area contributed by atoms with Crippen LogP contribution in [0.1, 0.15) is 25.0 Å². The SMILES string of the molecule is CCOc1ccc(CNCc2ccc(S(=O)(=O)N(C)C)cc2)cc1OCC. The van der Waals surface area contributed by atoms with Gasteiger partial charge >= 0.3 is 0 Å². The van der Waals surface area contributed by atoms with Crippen molar-refractivity contribution in [3.05, 3.63) is 53.6 Å². The highest BCUT2D eigenvalue weighted by Crippen LogP contribution is 2.28. The van der Waals surface area contributed by atoms with Crippen molar-refractivity contribution in [2.45, 2.75) is 31.8 Å². The fraction of sp³-hybridized carbons (Fsp3) is 0.400. The van der Waals surface area contributed by atoms with Gasteiger partial charge in [0.1, 0.15) is 0 Å². The average molecular weight is 393 g/mol. The zero-order chi connectivity index (χ0) is 19.9. The van der Waals surface area contributed by atoms with E-state index >= 15 is 0 Å². The van der Waals surface area contributed by atoms with Crippen molar-refractivity contribution < 1.29 is 17.9 Å². The van der Waals surface area contributed by atoms with Gasteiger partial charge in [-0.3, -0.25) is 0 Å². The van der Waals surface area contributed by atoms with E-state index in [-0.39, 0.29) is 0 Å². The highest BCUT2D eigenvalue weighted by molar-refractivity contribution is 7.89. The number of ether oxygens (including phenoxy) is 2. The molecule has 0 atom stereocenters. The Labute approximate surface area is 162 Å². The van der Waals surface area contributed by atoms with E-state index < -0.39 is 10.0 Å². The van der Waals surface area contributed by atoms with Crippen LogP contribution in [0, 0.1) is 0 Å². The van der Waals surface area contributed by atoms with Gasteiger partial charge in [0.15, 0.2) is 11.5 Å². The van der Waals surface area contributed by atoms with Gasteiger partial charge in [-0.05, 0) is 49.2 Å². The van der Waals surface area contributed by atoms with E-state index in [1.165, 1.54) is 18.4 Å². The molecule has 0 aliphatic carbocycles. The second kappa shape index (κ2) is 9.73. The fourth-order valence-electron chi connectivity index (χ4n) is 2.55. The molecule has 0 radical (unpaired) electrons. The average Bonchev–Trinajstić information content (AvgIpc) is 2.64. The monoisotopic (exact) mass is 392 g/mol. The predicted octanol–water partition coefficient (Wildman–Crippen LogP) is 3.02. The molecule has 0 aromatic heterocycles. The van der Waals surface area contributed by atoms with E-state index in [1.807, 2.05) is 44.2 Å². The Morgan fingerprint density at radius 1 is 0.852 bits per heavy atom. The highest BCUT2D eigenvalue weighted by atomic mass is 32.2. The van der Waals surface area contributed by atoms with Gasteiger partial charge in [-0.25, -0.2) is 12.7 Å². The number of benzene rings is 2. The van der Waals surface area contributed by atoms with Crippen LogP contribution in [0.15, 0.2) is 47.4 Å². The molecule has 0 saturated carbocycles. The van der Waals surface area contributed by atoms with Crippen LogP contribution in [0.5, 0.6) is 11.5 Å². The summed E-state index contributed by atoms with van der Waals surface area (Å²) in [6.45, 7) is 6.38. The third-order valence-corrected chi connectivity index (χ3v) is 5.80. The second-order valence-electron chi connectivity index (χ2n) is 6.18. The van der Waals surface area contributed by atoms with Gasteiger partial charge in [0.25, 0.3) is 0 Å². The van der Waals surface area contributed by atoms with Crippen molar-refractivity contribution in [3.8, 4) is 11.5 Å². The number of hydrogen-bond acceptors (Lipinski definition) is 5. The first-order valence-corrected chi connectivity index (χ1v) is 10.4. The molecule has 148 valence electrons. The summed E-state index contributed by atoms with van der Waals surface area (Å²) in [7, 11) is -0.337. The molecule has 0 amide bonds. The van der Waals surface area contributed by atoms with Gasteiger partial charge in [-0.2, -0.15) is 0 Å². The minimum absolute atomic E-state index is 0.295. The highest BCUT2D eigenvalue weighted by Gasteiger charge is 2.16. The third kappa shape index (κ3) is 5.69. The number of sulfonamides is 1. The summed E-state index contributed by atoms with van der Waals surface area (Å²) >= 11 is 0. The van der Waals surface area contributed by atoms with Crippen molar-refractivity contribution >= 4 is 10.0 Å². The van der Waals surface area contributed by atoms with Crippen LogP contribution in [0.3, 0.4) is 0 Å². The molecular weight excluding hydrogens is 364 g/mol. The molecule has 27 heavy (non-hydrogen) atoms. The molecule has 2 aromatic carbocycles. The topological polar surface area (TPSA) is 67.9 Å². The zero-order valence-corrected chi connectivity index (χ0v) is 17.2. The maximum atomic E-state index is 12.1. The quantitative estimate of drug-likeness (QED) is 0.673. The van der Waals surface area contributed by atoms with Crippen molar-refractivity contribution in [1.29, 1.82) is 0 Å². The van der Waals surface area contributed by atoms with Crippen LogP contribution in [0.4, 0.5) is 0 Å². The van der Waals surface area contributed by atoms with Crippen molar-refractivity contribution in [3.63, 3.8) is 0 Å². The smallest absolute Gasteiger partial charge is 0.242 e. The van der Waals surface area contributed by atoms with Crippen LogP contribution in [0.2, 0.25) is 0 Å². The third-order valence-electron chi connectivity index (χ3n) is 3.97. The lowest BCUT2D eigenvalue weighted by molar-refractivity contribution is 0.287. The minimum atomic E-state index is -3.39. The molecule has 0 aliphatic heterocycles. The van der Waals surface area contributed by atoms with Crippen molar-refractivity contribution in [1.82, 2.24) is 9.62 Å². The summed E-state index contributed by atoms with van der Waals surface area (Å²) in [5, 5.41) is 3.36. The molecule has 0 bridgehead atoms. The normalized spacial score (nSPS) is 11.6. The maximum absolute atomic E-state index is 12.1. The molecule has 0 spiro atoms. The number of nitrogens with one attached hydrogen (secondary N) is 1. The molecule has 2 aromatic rings. The Balaban J connectivity index is 1.97. The summed E-state index contributed by atoms with van der Waals surface area (Å²) in [6.07, 6.45) is 0. The number of rotatable bonds is 10. The summed E-state index contributed by atoms with van der Waals surface area (Å²) in [4.78, 5) is 0.295. The van der Waals surface area contributed by atoms with E-state index in [0.29, 0.717) is 31.2 Å². The minimum Gasteiger partial charge on any atom is -0.490 e. The number of nitrogens with zero attached hydrogens (tertiary/aromatic N) is 1. The van der Waals surface area contributed by atoms with Crippen LogP contribution in [0.25, 0.3) is 0 Å². The Bertz CT molecular complexity index is 834. The lowest BCUT2D eigenvalue weighted by atomic mass is 10.2. The van der Waals surface area contributed by atoms with Gasteiger partial charge in [0.2, 0.25) is 10.0 Å². The molecule has 0 heterocycles. The number of hydrogen-bond donors (Lipinski definition) is 1. The van der Waals surface area contributed by atoms with Crippen LogP contribution >= 0.6 is 0 Å². The van der Waals surface area contributed by atoms with E-state index in [9.17, 15) is 8.42 Å². The molecular formula is C20H28N2O4S. The summed E-state index contributed by atoms with van der Waals surface area (Å²) in [6, 6.07) is 12.8. The zero-order valence-electron chi connectivity index (χ0n) is 16.4. The largest absolute Gasteiger partial charge is 0.490 e. The van der Waals surface area contributed by atoms with Gasteiger partial charge in [0.05, 0.1) is 18.1 Å². The second-order valence-corrected chi connectivity index (χ2v) is 8.33. The summed E-state index contributed by atoms with van der Waals surface area (Å²) in [5.41, 5.74) is 2.11. The van der Waals surface area contributed by atoms with E-state index in [4.69, 9.17) is 9.47 Å². The van der Waals surface area contributed by atoms with Crippen LogP contribution in [-0.2, 0) is 23.1 Å². The fourth-order valence-corrected chi connectivity index (χ4v) is 3.45. The summed E-state index contributed by atoms with van der Waals surface area (Å²) < 4.78 is 36.6. The maximum Gasteiger partial charge on any atom is 0.242 e. The van der Waals surface area contributed by atoms with Crippen molar-refractivity contribution in [2.24, 2.45) is 0 Å². The first kappa shape index (κ1) is 21.2. The lowest BCUT2D eigenvalue weighted by Crippen LogP contribution is -2.22. The van der Waals surface area contributed by atoms with E-state index in [1.54, 1.807) is 12.1 Å². The Kier molecular flexibility index (Phi) is 7.65. The Morgan fingerprint density at radius 2 is 1.41 bits per heavy atom. The first-order valence-electron chi connectivity index (χ1n) is 8.99. The van der Waals surface area contributed by atoms with Crippen LogP contribution in [-0.4, -0.2) is 40.0 Å². The van der Waals surface area contributed by atoms with Gasteiger partial charge in [0, 0.05) is 27.2 Å². The summed E-state index contributed by atoms with van der Waals surface area (Å²) in [5.74, 6) is 1.50. The molecule has 6 nitrogen and oxygen atoms in total. The van der Waals surface area contributed by atoms with E-state index in [2.05, 4.69) is 5.32 Å². The molecule has 0 saturated heterocycles. The predicted molar refractivity (Wildman–Crippen MR) is 107 cm³/mol. The van der Waals surface area contributed by atoms with E-state index in [0.717, 1.165) is 22.6 Å². The van der Waals surface area contributed by atoms with Crippen LogP contribution < -0.4 is 14.8 Å². The molecule has 2 rings (SSSR count). The molecule has 7 heteroatoms. The Morgan fingerprint density at radius 3 is 2.00 bits per heavy atom. The lowest BCUT2D eigenvalue weighted by Gasteiger charge is -2.13. The molecule has 0 fully saturated rings. The van der Waals surface area contributed by atoms with Gasteiger partial charge < -0.3 is 14.8 Å². The van der Waals surface area contributed by atoms with Crippen molar-refractivity contribution in [2.75, 3.05) is 27.3 Å². The first-order chi connectivity index (χ1) is 12.9. The molecule has 0 unspecified atom stereocenters. The molecule has 0 aliphatic rings. The molecule has 1 N–H and O–H groups in total. The Hall–Kier alpha value is -2.09. The standard InChI is InChI=1S/C20H28N2O4S/c1-5-25-19-12-9-17(13-20(19)26-6-2)15-21-14-16-7-10-18(11-8-16)27(23,24)22(3)4/h7-13,21H,5-6,14-15H2,1-4H3. The van der Waals surface area contributed by atoms with Gasteiger partial charge in [-0.15, -0.1) is 0 Å².